The Hall–Kier alpha value is -4.76. The zero-order valence-electron chi connectivity index (χ0n) is 19.8. The predicted octanol–water partition coefficient (Wildman–Crippen LogP) is 8.43. The Morgan fingerprint density at radius 1 is 0.528 bits per heavy atom. The molecule has 0 saturated carbocycles. The lowest BCUT2D eigenvalue weighted by molar-refractivity contribution is 0.415. The molecule has 3 nitrogen and oxygen atoms in total. The number of methoxy groups -OCH3 is 1. The van der Waals surface area contributed by atoms with Crippen LogP contribution < -0.4 is 4.74 Å². The summed E-state index contributed by atoms with van der Waals surface area (Å²) in [7, 11) is 1.70. The second kappa shape index (κ2) is 8.17. The van der Waals surface area contributed by atoms with E-state index in [1.54, 1.807) is 7.11 Å². The highest BCUT2D eigenvalue weighted by atomic mass is 16.5. The summed E-state index contributed by atoms with van der Waals surface area (Å²) in [5, 5.41) is 8.21. The number of aromatic nitrogens is 2. The molecule has 0 radical (unpaired) electrons. The third-order valence-corrected chi connectivity index (χ3v) is 7.04. The van der Waals surface area contributed by atoms with Gasteiger partial charge in [0, 0.05) is 22.5 Å². The van der Waals surface area contributed by atoms with E-state index in [-0.39, 0.29) is 0 Å². The number of benzene rings is 5. The van der Waals surface area contributed by atoms with E-state index in [1.165, 1.54) is 32.5 Å². The monoisotopic (exact) mass is 462 g/mol. The van der Waals surface area contributed by atoms with Crippen molar-refractivity contribution in [1.82, 2.24) is 9.97 Å². The zero-order valence-corrected chi connectivity index (χ0v) is 19.8. The Labute approximate surface area is 208 Å². The van der Waals surface area contributed by atoms with Crippen LogP contribution in [0.5, 0.6) is 5.75 Å². The second-order valence-corrected chi connectivity index (χ2v) is 9.00. The predicted molar refractivity (Wildman–Crippen MR) is 149 cm³/mol. The fourth-order valence-electron chi connectivity index (χ4n) is 5.37. The minimum absolute atomic E-state index is 0.852. The average Bonchev–Trinajstić information content (AvgIpc) is 2.95. The van der Waals surface area contributed by atoms with Gasteiger partial charge in [0.25, 0.3) is 0 Å². The third-order valence-electron chi connectivity index (χ3n) is 7.04. The van der Waals surface area contributed by atoms with Gasteiger partial charge in [-0.2, -0.15) is 0 Å². The second-order valence-electron chi connectivity index (χ2n) is 9.00. The van der Waals surface area contributed by atoms with E-state index >= 15 is 0 Å². The van der Waals surface area contributed by atoms with Crippen molar-refractivity contribution < 1.29 is 4.74 Å². The molecule has 0 fully saturated rings. The first kappa shape index (κ1) is 20.6. The maximum atomic E-state index is 5.41. The van der Waals surface area contributed by atoms with E-state index in [0.717, 1.165) is 38.9 Å². The van der Waals surface area contributed by atoms with Crippen molar-refractivity contribution in [3.05, 3.63) is 116 Å². The SMILES string of the molecule is COc1ccc(-c2c3ccccc3c(-c3cc4c(cn3)ncc3ccccc34)c3ccccc23)cc1. The minimum atomic E-state index is 0.852. The lowest BCUT2D eigenvalue weighted by Crippen LogP contribution is -1.93. The van der Waals surface area contributed by atoms with Gasteiger partial charge in [0.1, 0.15) is 5.75 Å². The smallest absolute Gasteiger partial charge is 0.118 e. The first-order chi connectivity index (χ1) is 17.8. The summed E-state index contributed by atoms with van der Waals surface area (Å²) in [6, 6.07) is 36.2. The van der Waals surface area contributed by atoms with E-state index in [9.17, 15) is 0 Å². The molecule has 7 aromatic rings. The maximum absolute atomic E-state index is 5.41. The molecular weight excluding hydrogens is 440 g/mol. The van der Waals surface area contributed by atoms with Crippen LogP contribution in [0.25, 0.3) is 65.6 Å². The number of nitrogens with zero attached hydrogens (tertiary/aromatic N) is 2. The first-order valence-corrected chi connectivity index (χ1v) is 12.0. The van der Waals surface area contributed by atoms with Crippen molar-refractivity contribution in [2.45, 2.75) is 0 Å². The van der Waals surface area contributed by atoms with E-state index in [0.29, 0.717) is 0 Å². The van der Waals surface area contributed by atoms with Crippen LogP contribution >= 0.6 is 0 Å². The number of ether oxygens (including phenoxy) is 1. The van der Waals surface area contributed by atoms with Gasteiger partial charge in [0.2, 0.25) is 0 Å². The Morgan fingerprint density at radius 2 is 1.11 bits per heavy atom. The van der Waals surface area contributed by atoms with Crippen LogP contribution in [0, 0.1) is 0 Å². The van der Waals surface area contributed by atoms with Crippen molar-refractivity contribution >= 4 is 43.2 Å². The van der Waals surface area contributed by atoms with E-state index < -0.39 is 0 Å². The molecule has 2 heterocycles. The topological polar surface area (TPSA) is 35.0 Å². The summed E-state index contributed by atoms with van der Waals surface area (Å²) in [5.74, 6) is 0.852. The molecule has 2 aromatic heterocycles. The molecule has 7 rings (SSSR count). The normalized spacial score (nSPS) is 11.5. The fraction of sp³-hybridized carbons (Fsp3) is 0.0303. The van der Waals surface area contributed by atoms with Gasteiger partial charge < -0.3 is 4.74 Å². The summed E-state index contributed by atoms with van der Waals surface area (Å²) in [5.41, 5.74) is 5.39. The Balaban J connectivity index is 1.59. The molecule has 3 heteroatoms. The lowest BCUT2D eigenvalue weighted by Gasteiger charge is -2.17. The summed E-state index contributed by atoms with van der Waals surface area (Å²) in [4.78, 5) is 9.59. The molecule has 5 aromatic carbocycles. The largest absolute Gasteiger partial charge is 0.497 e. The number of rotatable bonds is 3. The standard InChI is InChI=1S/C33H22N2O/c1-36-23-16-14-21(15-17-23)32-25-10-4-6-12-27(25)33(28-13-7-5-11-26(28)32)30-18-29-24-9-3-2-8-22(24)19-34-31(29)20-35-30/h2-20H,1H3. The molecule has 0 amide bonds. The van der Waals surface area contributed by atoms with Crippen molar-refractivity contribution in [3.63, 3.8) is 0 Å². The molecular formula is C33H22N2O. The molecule has 0 aliphatic carbocycles. The van der Waals surface area contributed by atoms with Crippen LogP contribution in [0.2, 0.25) is 0 Å². The molecule has 0 unspecified atom stereocenters. The van der Waals surface area contributed by atoms with Gasteiger partial charge in [-0.3, -0.25) is 9.97 Å². The van der Waals surface area contributed by atoms with Crippen LogP contribution in [0.4, 0.5) is 0 Å². The molecule has 170 valence electrons. The van der Waals surface area contributed by atoms with Gasteiger partial charge in [-0.1, -0.05) is 84.9 Å². The van der Waals surface area contributed by atoms with Gasteiger partial charge >= 0.3 is 0 Å². The number of pyridine rings is 2. The van der Waals surface area contributed by atoms with E-state index in [4.69, 9.17) is 9.72 Å². The van der Waals surface area contributed by atoms with Crippen LogP contribution in [0.15, 0.2) is 116 Å². The highest BCUT2D eigenvalue weighted by Crippen LogP contribution is 2.43. The molecule has 0 N–H and O–H groups in total. The number of hydrogen-bond donors (Lipinski definition) is 0. The molecule has 0 aliphatic rings. The quantitative estimate of drug-likeness (QED) is 0.195. The molecule has 0 atom stereocenters. The van der Waals surface area contributed by atoms with Crippen LogP contribution in [-0.4, -0.2) is 17.1 Å². The summed E-state index contributed by atoms with van der Waals surface area (Å²) < 4.78 is 5.41. The average molecular weight is 463 g/mol. The lowest BCUT2D eigenvalue weighted by atomic mass is 9.87. The summed E-state index contributed by atoms with van der Waals surface area (Å²) >= 11 is 0. The van der Waals surface area contributed by atoms with Crippen molar-refractivity contribution in [2.24, 2.45) is 0 Å². The third kappa shape index (κ3) is 3.14. The van der Waals surface area contributed by atoms with E-state index in [2.05, 4.69) is 96.0 Å². The Kier molecular flexibility index (Phi) is 4.68. The minimum Gasteiger partial charge on any atom is -0.497 e. The zero-order chi connectivity index (χ0) is 24.1. The Morgan fingerprint density at radius 3 is 1.75 bits per heavy atom. The molecule has 0 bridgehead atoms. The van der Waals surface area contributed by atoms with E-state index in [1.807, 2.05) is 24.5 Å². The van der Waals surface area contributed by atoms with Gasteiger partial charge in [0.05, 0.1) is 24.5 Å². The summed E-state index contributed by atoms with van der Waals surface area (Å²) in [6.45, 7) is 0. The molecule has 0 spiro atoms. The van der Waals surface area contributed by atoms with Crippen LogP contribution in [-0.2, 0) is 0 Å². The van der Waals surface area contributed by atoms with Crippen LogP contribution in [0.1, 0.15) is 0 Å². The van der Waals surface area contributed by atoms with Crippen molar-refractivity contribution in [2.75, 3.05) is 7.11 Å². The van der Waals surface area contributed by atoms with Gasteiger partial charge in [-0.15, -0.1) is 0 Å². The molecule has 0 saturated heterocycles. The van der Waals surface area contributed by atoms with Crippen molar-refractivity contribution in [1.29, 1.82) is 0 Å². The van der Waals surface area contributed by atoms with Crippen molar-refractivity contribution in [3.8, 4) is 28.1 Å². The Bertz CT molecular complexity index is 1870. The number of fused-ring (bicyclic) bond motifs is 5. The molecule has 0 aliphatic heterocycles. The maximum Gasteiger partial charge on any atom is 0.118 e. The highest BCUT2D eigenvalue weighted by Gasteiger charge is 2.17. The fourth-order valence-corrected chi connectivity index (χ4v) is 5.37. The van der Waals surface area contributed by atoms with Gasteiger partial charge in [0.15, 0.2) is 0 Å². The van der Waals surface area contributed by atoms with Crippen LogP contribution in [0.3, 0.4) is 0 Å². The highest BCUT2D eigenvalue weighted by molar-refractivity contribution is 6.21. The molecule has 36 heavy (non-hydrogen) atoms. The summed E-state index contributed by atoms with van der Waals surface area (Å²) in [6.07, 6.45) is 3.82. The van der Waals surface area contributed by atoms with Gasteiger partial charge in [-0.25, -0.2) is 0 Å². The first-order valence-electron chi connectivity index (χ1n) is 12.0. The van der Waals surface area contributed by atoms with Gasteiger partial charge in [-0.05, 0) is 56.3 Å². The number of hydrogen-bond acceptors (Lipinski definition) is 3.